The number of aromatic nitrogens is 2. The van der Waals surface area contributed by atoms with Gasteiger partial charge in [-0.25, -0.2) is 4.68 Å². The fourth-order valence-electron chi connectivity index (χ4n) is 5.01. The summed E-state index contributed by atoms with van der Waals surface area (Å²) in [6.07, 6.45) is 2.79. The number of nitrogens with zero attached hydrogens (tertiary/aromatic N) is 4. The molecule has 0 atom stereocenters. The van der Waals surface area contributed by atoms with Crippen molar-refractivity contribution in [2.75, 3.05) is 35.8 Å². The molecule has 5 rings (SSSR count). The van der Waals surface area contributed by atoms with Gasteiger partial charge in [-0.1, -0.05) is 19.1 Å². The summed E-state index contributed by atoms with van der Waals surface area (Å²) < 4.78 is 7.23. The Hall–Kier alpha value is -3.79. The van der Waals surface area contributed by atoms with Gasteiger partial charge in [0.1, 0.15) is 11.4 Å². The molecule has 1 saturated heterocycles. The van der Waals surface area contributed by atoms with Gasteiger partial charge in [0.15, 0.2) is 5.69 Å². The number of benzene rings is 2. The molecule has 2 aromatic carbocycles. The summed E-state index contributed by atoms with van der Waals surface area (Å²) in [6, 6.07) is 13.1. The third-order valence-electron chi connectivity index (χ3n) is 6.73. The van der Waals surface area contributed by atoms with E-state index >= 15 is 0 Å². The van der Waals surface area contributed by atoms with E-state index in [1.54, 1.807) is 39.4 Å². The Kier molecular flexibility index (Phi) is 6.92. The van der Waals surface area contributed by atoms with Gasteiger partial charge < -0.3 is 20.3 Å². The molecule has 0 unspecified atom stereocenters. The maximum Gasteiger partial charge on any atom is 0.277 e. The van der Waals surface area contributed by atoms with Crippen molar-refractivity contribution in [1.82, 2.24) is 9.78 Å². The Morgan fingerprint density at radius 1 is 1.05 bits per heavy atom. The maximum absolute atomic E-state index is 14.0. The van der Waals surface area contributed by atoms with Crippen LogP contribution in [0.2, 0.25) is 0 Å². The molecule has 0 bridgehead atoms. The van der Waals surface area contributed by atoms with Crippen LogP contribution in [0.25, 0.3) is 5.69 Å². The SMILES string of the molecule is CCSc1ccccc1-n1nc(C(N)=O)c2c1C(=O)N(c1ccc(N3CCCCC3=O)cc1OC)CC2. The van der Waals surface area contributed by atoms with Crippen LogP contribution in [0.3, 0.4) is 0 Å². The van der Waals surface area contributed by atoms with Crippen LogP contribution in [0.15, 0.2) is 47.4 Å². The molecule has 0 aliphatic carbocycles. The molecule has 37 heavy (non-hydrogen) atoms. The third-order valence-corrected chi connectivity index (χ3v) is 7.68. The van der Waals surface area contributed by atoms with E-state index in [1.165, 1.54) is 0 Å². The van der Waals surface area contributed by atoms with Gasteiger partial charge in [0.2, 0.25) is 5.91 Å². The molecule has 3 heterocycles. The van der Waals surface area contributed by atoms with Crippen molar-refractivity contribution < 1.29 is 19.1 Å². The van der Waals surface area contributed by atoms with Crippen molar-refractivity contribution in [1.29, 1.82) is 0 Å². The normalized spacial score (nSPS) is 15.6. The summed E-state index contributed by atoms with van der Waals surface area (Å²) in [5, 5.41) is 4.52. The number of nitrogens with two attached hydrogens (primary N) is 1. The van der Waals surface area contributed by atoms with Crippen molar-refractivity contribution in [2.45, 2.75) is 37.5 Å². The highest BCUT2D eigenvalue weighted by atomic mass is 32.2. The number of primary amides is 1. The van der Waals surface area contributed by atoms with E-state index in [0.717, 1.165) is 34.9 Å². The van der Waals surface area contributed by atoms with Crippen LogP contribution in [0.4, 0.5) is 11.4 Å². The van der Waals surface area contributed by atoms with Crippen LogP contribution >= 0.6 is 11.8 Å². The van der Waals surface area contributed by atoms with Crippen LogP contribution in [-0.2, 0) is 11.2 Å². The molecule has 2 aliphatic rings. The number of methoxy groups -OCH3 is 1. The van der Waals surface area contributed by atoms with Gasteiger partial charge in [-0.3, -0.25) is 14.4 Å². The second-order valence-electron chi connectivity index (χ2n) is 8.92. The zero-order valence-corrected chi connectivity index (χ0v) is 21.7. The lowest BCUT2D eigenvalue weighted by Gasteiger charge is -2.31. The molecular formula is C27H29N5O4S. The molecule has 2 aliphatic heterocycles. The number of hydrogen-bond acceptors (Lipinski definition) is 6. The van der Waals surface area contributed by atoms with Crippen LogP contribution in [0.5, 0.6) is 5.75 Å². The Balaban J connectivity index is 1.58. The monoisotopic (exact) mass is 519 g/mol. The number of carbonyl (C=O) groups is 3. The average molecular weight is 520 g/mol. The van der Waals surface area contributed by atoms with Crippen molar-refractivity contribution in [3.8, 4) is 11.4 Å². The largest absolute Gasteiger partial charge is 0.494 e. The molecule has 0 spiro atoms. The summed E-state index contributed by atoms with van der Waals surface area (Å²) in [6.45, 7) is 3.05. The Morgan fingerprint density at radius 2 is 1.86 bits per heavy atom. The number of piperidine rings is 1. The second-order valence-corrected chi connectivity index (χ2v) is 10.2. The van der Waals surface area contributed by atoms with Crippen LogP contribution in [0.1, 0.15) is 52.7 Å². The zero-order valence-electron chi connectivity index (χ0n) is 20.9. The molecule has 3 amide bonds. The summed E-state index contributed by atoms with van der Waals surface area (Å²) in [7, 11) is 1.55. The highest BCUT2D eigenvalue weighted by Gasteiger charge is 2.36. The van der Waals surface area contributed by atoms with E-state index < -0.39 is 5.91 Å². The van der Waals surface area contributed by atoms with Crippen molar-refractivity contribution in [3.05, 3.63) is 59.4 Å². The van der Waals surface area contributed by atoms with Gasteiger partial charge in [0.25, 0.3) is 11.8 Å². The van der Waals surface area contributed by atoms with E-state index in [1.807, 2.05) is 36.4 Å². The molecule has 0 radical (unpaired) electrons. The quantitative estimate of drug-likeness (QED) is 0.475. The minimum atomic E-state index is -0.662. The topological polar surface area (TPSA) is 111 Å². The molecular weight excluding hydrogens is 490 g/mol. The number of hydrogen-bond donors (Lipinski definition) is 1. The van der Waals surface area contributed by atoms with E-state index in [-0.39, 0.29) is 17.5 Å². The number of para-hydroxylation sites is 1. The summed E-state index contributed by atoms with van der Waals surface area (Å²) in [5.74, 6) is 0.469. The van der Waals surface area contributed by atoms with Gasteiger partial charge in [-0.05, 0) is 49.3 Å². The standard InChI is InChI=1S/C27H29N5O4S/c1-3-37-22-9-5-4-8-20(22)32-25-18(24(29-32)26(28)34)13-15-31(27(25)35)19-12-11-17(16-21(19)36-2)30-14-7-6-10-23(30)33/h4-5,8-9,11-12,16H,3,6-7,10,13-15H2,1-2H3,(H2,28,34). The number of fused-ring (bicyclic) bond motifs is 1. The van der Waals surface area contributed by atoms with Crippen LogP contribution < -0.4 is 20.3 Å². The minimum absolute atomic E-state index is 0.0891. The van der Waals surface area contributed by atoms with Crippen molar-refractivity contribution in [2.24, 2.45) is 5.73 Å². The van der Waals surface area contributed by atoms with Crippen molar-refractivity contribution in [3.63, 3.8) is 0 Å². The van der Waals surface area contributed by atoms with Gasteiger partial charge in [-0.2, -0.15) is 5.10 Å². The molecule has 3 aromatic rings. The van der Waals surface area contributed by atoms with E-state index in [4.69, 9.17) is 10.5 Å². The lowest BCUT2D eigenvalue weighted by Crippen LogP contribution is -2.39. The number of ether oxygens (including phenoxy) is 1. The molecule has 0 saturated carbocycles. The Labute approximate surface area is 219 Å². The third kappa shape index (κ3) is 4.46. The maximum atomic E-state index is 14.0. The molecule has 2 N–H and O–H groups in total. The Morgan fingerprint density at radius 3 is 2.59 bits per heavy atom. The molecule has 10 heteroatoms. The van der Waals surface area contributed by atoms with E-state index in [9.17, 15) is 14.4 Å². The van der Waals surface area contributed by atoms with Gasteiger partial charge in [0, 0.05) is 41.7 Å². The number of thioether (sulfide) groups is 1. The highest BCUT2D eigenvalue weighted by molar-refractivity contribution is 7.99. The molecule has 9 nitrogen and oxygen atoms in total. The smallest absolute Gasteiger partial charge is 0.277 e. The molecule has 1 aromatic heterocycles. The van der Waals surface area contributed by atoms with Gasteiger partial charge >= 0.3 is 0 Å². The molecule has 192 valence electrons. The first kappa shape index (κ1) is 24.9. The number of rotatable bonds is 7. The lowest BCUT2D eigenvalue weighted by atomic mass is 10.0. The zero-order chi connectivity index (χ0) is 26.1. The number of anilines is 2. The number of amides is 3. The van der Waals surface area contributed by atoms with Gasteiger partial charge in [-0.15, -0.1) is 11.8 Å². The summed E-state index contributed by atoms with van der Waals surface area (Å²) >= 11 is 1.63. The molecule has 1 fully saturated rings. The average Bonchev–Trinajstić information content (AvgIpc) is 3.30. The lowest BCUT2D eigenvalue weighted by molar-refractivity contribution is -0.119. The predicted molar refractivity (Wildman–Crippen MR) is 143 cm³/mol. The highest BCUT2D eigenvalue weighted by Crippen LogP contribution is 2.38. The minimum Gasteiger partial charge on any atom is -0.494 e. The summed E-state index contributed by atoms with van der Waals surface area (Å²) in [5.41, 5.74) is 8.72. The summed E-state index contributed by atoms with van der Waals surface area (Å²) in [4.78, 5) is 43.1. The predicted octanol–water partition coefficient (Wildman–Crippen LogP) is 3.81. The fraction of sp³-hybridized carbons (Fsp3) is 0.333. The van der Waals surface area contributed by atoms with Crippen LogP contribution in [0, 0.1) is 0 Å². The van der Waals surface area contributed by atoms with E-state index in [2.05, 4.69) is 12.0 Å². The number of carbonyl (C=O) groups excluding carboxylic acids is 3. The first-order valence-electron chi connectivity index (χ1n) is 12.4. The Bertz CT molecular complexity index is 1390. The second kappa shape index (κ2) is 10.3. The van der Waals surface area contributed by atoms with E-state index in [0.29, 0.717) is 48.6 Å². The van der Waals surface area contributed by atoms with Gasteiger partial charge in [0.05, 0.1) is 18.5 Å². The van der Waals surface area contributed by atoms with Crippen LogP contribution in [-0.4, -0.2) is 53.5 Å². The first-order valence-corrected chi connectivity index (χ1v) is 13.4. The van der Waals surface area contributed by atoms with Crippen molar-refractivity contribution >= 4 is 40.9 Å². The fourth-order valence-corrected chi connectivity index (χ4v) is 5.80. The first-order chi connectivity index (χ1) is 17.9.